The molecule has 0 aromatic heterocycles. The molecule has 0 bridgehead atoms. The number of hydrogen-bond acceptors (Lipinski definition) is 1. The van der Waals surface area contributed by atoms with Gasteiger partial charge in [0.1, 0.15) is 0 Å². The summed E-state index contributed by atoms with van der Waals surface area (Å²) in [6.45, 7) is 5.99. The second kappa shape index (κ2) is 5.36. The van der Waals surface area contributed by atoms with E-state index in [2.05, 4.69) is 24.0 Å². The number of rotatable bonds is 3. The van der Waals surface area contributed by atoms with Gasteiger partial charge in [-0.05, 0) is 32.4 Å². The molecule has 1 saturated heterocycles. The molecule has 1 heterocycles. The molecular formula is C10H19N. The zero-order valence-electron chi connectivity index (χ0n) is 7.55. The zero-order valence-corrected chi connectivity index (χ0v) is 7.55. The third-order valence-corrected chi connectivity index (χ3v) is 2.21. The third kappa shape index (κ3) is 3.57. The molecule has 0 spiro atoms. The molecule has 0 amide bonds. The van der Waals surface area contributed by atoms with Gasteiger partial charge < -0.3 is 0 Å². The second-order valence-electron chi connectivity index (χ2n) is 3.24. The molecule has 1 rings (SSSR count). The third-order valence-electron chi connectivity index (χ3n) is 2.21. The van der Waals surface area contributed by atoms with Crippen LogP contribution >= 0.6 is 0 Å². The Labute approximate surface area is 70.1 Å². The van der Waals surface area contributed by atoms with Crippen molar-refractivity contribution in [3.05, 3.63) is 12.2 Å². The first-order valence-electron chi connectivity index (χ1n) is 4.81. The summed E-state index contributed by atoms with van der Waals surface area (Å²) in [7, 11) is 0. The van der Waals surface area contributed by atoms with E-state index in [9.17, 15) is 0 Å². The van der Waals surface area contributed by atoms with Gasteiger partial charge in [-0.15, -0.1) is 0 Å². The fourth-order valence-electron chi connectivity index (χ4n) is 1.53. The van der Waals surface area contributed by atoms with Crippen molar-refractivity contribution in [3.63, 3.8) is 0 Å². The van der Waals surface area contributed by atoms with Gasteiger partial charge in [0.2, 0.25) is 0 Å². The summed E-state index contributed by atoms with van der Waals surface area (Å²) < 4.78 is 0. The van der Waals surface area contributed by atoms with Crippen LogP contribution in [0.3, 0.4) is 0 Å². The van der Waals surface area contributed by atoms with Crippen LogP contribution in [-0.2, 0) is 0 Å². The van der Waals surface area contributed by atoms with E-state index >= 15 is 0 Å². The topological polar surface area (TPSA) is 3.24 Å². The number of nitrogens with zero attached hydrogens (tertiary/aromatic N) is 1. The van der Waals surface area contributed by atoms with Crippen molar-refractivity contribution in [2.24, 2.45) is 0 Å². The van der Waals surface area contributed by atoms with E-state index in [1.807, 2.05) is 0 Å². The molecule has 0 unspecified atom stereocenters. The molecular weight excluding hydrogens is 134 g/mol. The van der Waals surface area contributed by atoms with Crippen LogP contribution in [0.15, 0.2) is 12.2 Å². The number of allylic oxidation sites excluding steroid dienone is 1. The van der Waals surface area contributed by atoms with Crippen LogP contribution in [0.2, 0.25) is 0 Å². The lowest BCUT2D eigenvalue weighted by Crippen LogP contribution is -2.29. The van der Waals surface area contributed by atoms with Gasteiger partial charge in [0.05, 0.1) is 0 Å². The highest BCUT2D eigenvalue weighted by Crippen LogP contribution is 2.07. The van der Waals surface area contributed by atoms with Gasteiger partial charge in [-0.3, -0.25) is 4.90 Å². The maximum atomic E-state index is 2.54. The molecule has 1 aliphatic heterocycles. The molecule has 1 nitrogen and oxygen atoms in total. The summed E-state index contributed by atoms with van der Waals surface area (Å²) in [4.78, 5) is 2.54. The Balaban J connectivity index is 2.09. The first kappa shape index (κ1) is 8.79. The van der Waals surface area contributed by atoms with Crippen LogP contribution in [0.1, 0.15) is 32.6 Å². The normalized spacial score (nSPS) is 21.2. The van der Waals surface area contributed by atoms with E-state index in [-0.39, 0.29) is 0 Å². The van der Waals surface area contributed by atoms with E-state index in [0.29, 0.717) is 0 Å². The molecule has 0 N–H and O–H groups in total. The van der Waals surface area contributed by atoms with Crippen LogP contribution in [-0.4, -0.2) is 24.5 Å². The van der Waals surface area contributed by atoms with Gasteiger partial charge in [-0.2, -0.15) is 0 Å². The first-order chi connectivity index (χ1) is 5.43. The van der Waals surface area contributed by atoms with Gasteiger partial charge in [-0.25, -0.2) is 0 Å². The summed E-state index contributed by atoms with van der Waals surface area (Å²) in [5.41, 5.74) is 0. The summed E-state index contributed by atoms with van der Waals surface area (Å²) in [5.74, 6) is 0. The van der Waals surface area contributed by atoms with Gasteiger partial charge in [0, 0.05) is 6.54 Å². The lowest BCUT2D eigenvalue weighted by atomic mass is 10.1. The lowest BCUT2D eigenvalue weighted by molar-refractivity contribution is 0.251. The highest BCUT2D eigenvalue weighted by Gasteiger charge is 2.06. The van der Waals surface area contributed by atoms with Crippen LogP contribution in [0.25, 0.3) is 0 Å². The van der Waals surface area contributed by atoms with E-state index < -0.39 is 0 Å². The van der Waals surface area contributed by atoms with Crippen molar-refractivity contribution in [1.29, 1.82) is 0 Å². The minimum Gasteiger partial charge on any atom is -0.300 e. The van der Waals surface area contributed by atoms with E-state index in [1.54, 1.807) is 0 Å². The Kier molecular flexibility index (Phi) is 4.29. The summed E-state index contributed by atoms with van der Waals surface area (Å²) in [6.07, 6.45) is 9.97. The van der Waals surface area contributed by atoms with Gasteiger partial charge >= 0.3 is 0 Å². The molecule has 0 aliphatic carbocycles. The minimum absolute atomic E-state index is 1.17. The van der Waals surface area contributed by atoms with Crippen molar-refractivity contribution in [2.45, 2.75) is 32.6 Å². The molecule has 11 heavy (non-hydrogen) atoms. The van der Waals surface area contributed by atoms with Crippen LogP contribution in [0.4, 0.5) is 0 Å². The molecule has 0 aromatic rings. The fraction of sp³-hybridized carbons (Fsp3) is 0.800. The zero-order chi connectivity index (χ0) is 7.94. The molecule has 0 radical (unpaired) electrons. The smallest absolute Gasteiger partial charge is 0.0163 e. The molecule has 1 fully saturated rings. The van der Waals surface area contributed by atoms with Crippen molar-refractivity contribution in [2.75, 3.05) is 19.6 Å². The van der Waals surface area contributed by atoms with Gasteiger partial charge in [0.15, 0.2) is 0 Å². The number of hydrogen-bond donors (Lipinski definition) is 0. The van der Waals surface area contributed by atoms with Gasteiger partial charge in [-0.1, -0.05) is 25.5 Å². The fourth-order valence-corrected chi connectivity index (χ4v) is 1.53. The molecule has 64 valence electrons. The maximum Gasteiger partial charge on any atom is 0.0163 e. The van der Waals surface area contributed by atoms with Crippen molar-refractivity contribution >= 4 is 0 Å². The number of piperidine rings is 1. The highest BCUT2D eigenvalue weighted by molar-refractivity contribution is 4.84. The summed E-state index contributed by atoms with van der Waals surface area (Å²) in [5, 5.41) is 0. The molecule has 0 aromatic carbocycles. The molecule has 1 aliphatic rings. The molecule has 0 atom stereocenters. The second-order valence-corrected chi connectivity index (χ2v) is 3.24. The van der Waals surface area contributed by atoms with Gasteiger partial charge in [0.25, 0.3) is 0 Å². The predicted molar refractivity (Wildman–Crippen MR) is 49.7 cm³/mol. The quantitative estimate of drug-likeness (QED) is 0.563. The van der Waals surface area contributed by atoms with Crippen LogP contribution < -0.4 is 0 Å². The minimum atomic E-state index is 1.17. The lowest BCUT2D eigenvalue weighted by Gasteiger charge is -2.24. The monoisotopic (exact) mass is 153 g/mol. The average Bonchev–Trinajstić information content (AvgIpc) is 2.07. The van der Waals surface area contributed by atoms with E-state index in [4.69, 9.17) is 0 Å². The van der Waals surface area contributed by atoms with Crippen molar-refractivity contribution < 1.29 is 0 Å². The van der Waals surface area contributed by atoms with E-state index in [0.717, 1.165) is 0 Å². The highest BCUT2D eigenvalue weighted by atomic mass is 15.1. The van der Waals surface area contributed by atoms with Crippen molar-refractivity contribution in [1.82, 2.24) is 4.90 Å². The Bertz CT molecular complexity index is 112. The Morgan fingerprint density at radius 1 is 1.09 bits per heavy atom. The first-order valence-corrected chi connectivity index (χ1v) is 4.81. The summed E-state index contributed by atoms with van der Waals surface area (Å²) in [6, 6.07) is 0. The Morgan fingerprint density at radius 3 is 2.45 bits per heavy atom. The van der Waals surface area contributed by atoms with Crippen LogP contribution in [0.5, 0.6) is 0 Å². The Morgan fingerprint density at radius 2 is 1.82 bits per heavy atom. The summed E-state index contributed by atoms with van der Waals surface area (Å²) >= 11 is 0. The molecule has 0 saturated carbocycles. The van der Waals surface area contributed by atoms with Crippen LogP contribution in [0, 0.1) is 0 Å². The number of likely N-dealkylation sites (tertiary alicyclic amines) is 1. The standard InChI is InChI=1S/C10H19N/c1-2-3-5-8-11-9-6-4-7-10-11/h3,5H,2,4,6-10H2,1H3. The maximum absolute atomic E-state index is 2.54. The van der Waals surface area contributed by atoms with E-state index in [1.165, 1.54) is 45.3 Å². The van der Waals surface area contributed by atoms with Crippen molar-refractivity contribution in [3.8, 4) is 0 Å². The predicted octanol–water partition coefficient (Wildman–Crippen LogP) is 2.44. The largest absolute Gasteiger partial charge is 0.300 e. The average molecular weight is 153 g/mol. The SMILES string of the molecule is CCC=CCN1CCCCC1. The Hall–Kier alpha value is -0.300. The molecule has 1 heteroatoms.